The van der Waals surface area contributed by atoms with E-state index in [1.54, 1.807) is 0 Å². The summed E-state index contributed by atoms with van der Waals surface area (Å²) in [6.07, 6.45) is 9.53. The lowest BCUT2D eigenvalue weighted by molar-refractivity contribution is 0.0806. The Kier molecular flexibility index (Phi) is 4.63. The number of allylic oxidation sites excluding steroid dienone is 2. The summed E-state index contributed by atoms with van der Waals surface area (Å²) >= 11 is 0. The van der Waals surface area contributed by atoms with Crippen molar-refractivity contribution < 1.29 is 0 Å². The van der Waals surface area contributed by atoms with Crippen molar-refractivity contribution >= 4 is 0 Å². The second-order valence-electron chi connectivity index (χ2n) is 7.45. The SMILES string of the molecule is C=CCCCC(=C)C1CC(C)(C)CC(C)(C)C1. The van der Waals surface area contributed by atoms with Gasteiger partial charge in [-0.3, -0.25) is 0 Å². The van der Waals surface area contributed by atoms with E-state index in [0.717, 1.165) is 12.3 Å². The highest BCUT2D eigenvalue weighted by Crippen LogP contribution is 2.50. The van der Waals surface area contributed by atoms with E-state index in [9.17, 15) is 0 Å². The molecule has 0 aliphatic heterocycles. The summed E-state index contributed by atoms with van der Waals surface area (Å²) in [6.45, 7) is 17.8. The second kappa shape index (κ2) is 5.42. The summed E-state index contributed by atoms with van der Waals surface area (Å²) in [6, 6.07) is 0. The van der Waals surface area contributed by atoms with Crippen LogP contribution in [0.3, 0.4) is 0 Å². The molecule has 0 unspecified atom stereocenters. The van der Waals surface area contributed by atoms with Gasteiger partial charge in [-0.25, -0.2) is 0 Å². The summed E-state index contributed by atoms with van der Waals surface area (Å²) < 4.78 is 0. The molecule has 0 aromatic heterocycles. The number of hydrogen-bond donors (Lipinski definition) is 0. The van der Waals surface area contributed by atoms with Crippen LogP contribution in [-0.4, -0.2) is 0 Å². The minimum absolute atomic E-state index is 0.480. The molecule has 1 fully saturated rings. The zero-order valence-corrected chi connectivity index (χ0v) is 12.3. The van der Waals surface area contributed by atoms with Gasteiger partial charge < -0.3 is 0 Å². The Morgan fingerprint density at radius 1 is 1.18 bits per heavy atom. The topological polar surface area (TPSA) is 0 Å². The smallest absolute Gasteiger partial charge is 0.0196 e. The molecule has 1 saturated carbocycles. The monoisotopic (exact) mass is 234 g/mol. The molecule has 0 radical (unpaired) electrons. The van der Waals surface area contributed by atoms with Crippen molar-refractivity contribution in [3.05, 3.63) is 24.8 Å². The van der Waals surface area contributed by atoms with Crippen molar-refractivity contribution in [2.75, 3.05) is 0 Å². The van der Waals surface area contributed by atoms with Crippen molar-refractivity contribution in [2.24, 2.45) is 16.7 Å². The summed E-state index contributed by atoms with van der Waals surface area (Å²) in [7, 11) is 0. The Hall–Kier alpha value is -0.520. The van der Waals surface area contributed by atoms with Gasteiger partial charge in [-0.05, 0) is 55.3 Å². The summed E-state index contributed by atoms with van der Waals surface area (Å²) in [5.74, 6) is 0.735. The molecule has 0 bridgehead atoms. The quantitative estimate of drug-likeness (QED) is 0.419. The molecule has 0 heterocycles. The van der Waals surface area contributed by atoms with Crippen LogP contribution in [0.1, 0.15) is 66.2 Å². The summed E-state index contributed by atoms with van der Waals surface area (Å²) in [5, 5.41) is 0. The zero-order chi connectivity index (χ0) is 13.1. The lowest BCUT2D eigenvalue weighted by atomic mass is 9.60. The first-order chi connectivity index (χ1) is 7.76. The molecule has 0 saturated heterocycles. The molecule has 1 rings (SSSR count). The molecule has 0 N–H and O–H groups in total. The number of unbranched alkanes of at least 4 members (excludes halogenated alkanes) is 1. The highest BCUT2D eigenvalue weighted by Gasteiger charge is 2.38. The Morgan fingerprint density at radius 2 is 1.71 bits per heavy atom. The molecule has 17 heavy (non-hydrogen) atoms. The van der Waals surface area contributed by atoms with E-state index in [1.807, 2.05) is 6.08 Å². The van der Waals surface area contributed by atoms with Gasteiger partial charge in [-0.2, -0.15) is 0 Å². The molecule has 0 aromatic rings. The van der Waals surface area contributed by atoms with Gasteiger partial charge in [-0.1, -0.05) is 45.9 Å². The van der Waals surface area contributed by atoms with Crippen LogP contribution in [0.2, 0.25) is 0 Å². The molecule has 1 aliphatic rings. The lowest BCUT2D eigenvalue weighted by Gasteiger charge is -2.45. The van der Waals surface area contributed by atoms with Crippen LogP contribution >= 0.6 is 0 Å². The molecule has 0 heteroatoms. The van der Waals surface area contributed by atoms with E-state index < -0.39 is 0 Å². The standard InChI is InChI=1S/C17H30/c1-7-8-9-10-14(2)15-11-16(3,4)13-17(5,6)12-15/h7,15H,1-2,8-13H2,3-6H3. The first-order valence-corrected chi connectivity index (χ1v) is 7.04. The van der Waals surface area contributed by atoms with E-state index in [4.69, 9.17) is 0 Å². The average Bonchev–Trinajstić information content (AvgIpc) is 2.13. The van der Waals surface area contributed by atoms with Crippen LogP contribution in [0, 0.1) is 16.7 Å². The maximum atomic E-state index is 4.35. The Balaban J connectivity index is 2.58. The van der Waals surface area contributed by atoms with Gasteiger partial charge >= 0.3 is 0 Å². The molecule has 98 valence electrons. The van der Waals surface area contributed by atoms with E-state index in [-0.39, 0.29) is 0 Å². The van der Waals surface area contributed by atoms with Crippen molar-refractivity contribution in [3.63, 3.8) is 0 Å². The maximum Gasteiger partial charge on any atom is -0.0196 e. The molecule has 1 aliphatic carbocycles. The van der Waals surface area contributed by atoms with Gasteiger partial charge in [0.1, 0.15) is 0 Å². The fourth-order valence-electron chi connectivity index (χ4n) is 3.81. The molecule has 0 amide bonds. The Labute approximate surface area is 108 Å². The van der Waals surface area contributed by atoms with Gasteiger partial charge in [-0.15, -0.1) is 6.58 Å². The van der Waals surface area contributed by atoms with Crippen LogP contribution in [0.5, 0.6) is 0 Å². The molecule has 0 atom stereocenters. The summed E-state index contributed by atoms with van der Waals surface area (Å²) in [5.41, 5.74) is 2.44. The molecular formula is C17H30. The van der Waals surface area contributed by atoms with E-state index in [2.05, 4.69) is 40.9 Å². The van der Waals surface area contributed by atoms with Gasteiger partial charge in [0.15, 0.2) is 0 Å². The van der Waals surface area contributed by atoms with Crippen molar-refractivity contribution in [2.45, 2.75) is 66.2 Å². The van der Waals surface area contributed by atoms with Gasteiger partial charge in [0.25, 0.3) is 0 Å². The normalized spacial score (nSPS) is 23.3. The predicted octanol–water partition coefficient (Wildman–Crippen LogP) is 5.75. The predicted molar refractivity (Wildman–Crippen MR) is 78.1 cm³/mol. The van der Waals surface area contributed by atoms with E-state index in [1.165, 1.54) is 37.7 Å². The fourth-order valence-corrected chi connectivity index (χ4v) is 3.81. The van der Waals surface area contributed by atoms with Crippen molar-refractivity contribution in [1.82, 2.24) is 0 Å². The Bertz CT molecular complexity index is 264. The average molecular weight is 234 g/mol. The van der Waals surface area contributed by atoms with Crippen molar-refractivity contribution in [1.29, 1.82) is 0 Å². The third-order valence-corrected chi connectivity index (χ3v) is 4.04. The van der Waals surface area contributed by atoms with E-state index in [0.29, 0.717) is 10.8 Å². The highest BCUT2D eigenvalue weighted by atomic mass is 14.4. The maximum absolute atomic E-state index is 4.35. The molecule has 0 nitrogen and oxygen atoms in total. The lowest BCUT2D eigenvalue weighted by Crippen LogP contribution is -2.34. The fraction of sp³-hybridized carbons (Fsp3) is 0.765. The second-order valence-corrected chi connectivity index (χ2v) is 7.45. The molecule has 0 spiro atoms. The van der Waals surface area contributed by atoms with Gasteiger partial charge in [0.2, 0.25) is 0 Å². The summed E-state index contributed by atoms with van der Waals surface area (Å²) in [4.78, 5) is 0. The third-order valence-electron chi connectivity index (χ3n) is 4.04. The number of rotatable bonds is 5. The highest BCUT2D eigenvalue weighted by molar-refractivity contribution is 5.06. The van der Waals surface area contributed by atoms with E-state index >= 15 is 0 Å². The van der Waals surface area contributed by atoms with Crippen LogP contribution in [-0.2, 0) is 0 Å². The molecule has 0 aromatic carbocycles. The largest absolute Gasteiger partial charge is 0.103 e. The third kappa shape index (κ3) is 4.69. The van der Waals surface area contributed by atoms with Gasteiger partial charge in [0, 0.05) is 0 Å². The van der Waals surface area contributed by atoms with Gasteiger partial charge in [0.05, 0.1) is 0 Å². The van der Waals surface area contributed by atoms with Crippen LogP contribution < -0.4 is 0 Å². The van der Waals surface area contributed by atoms with Crippen LogP contribution in [0.25, 0.3) is 0 Å². The van der Waals surface area contributed by atoms with Crippen LogP contribution in [0.4, 0.5) is 0 Å². The van der Waals surface area contributed by atoms with Crippen LogP contribution in [0.15, 0.2) is 24.8 Å². The Morgan fingerprint density at radius 3 is 2.18 bits per heavy atom. The minimum atomic E-state index is 0.480. The minimum Gasteiger partial charge on any atom is -0.103 e. The first-order valence-electron chi connectivity index (χ1n) is 7.04. The number of hydrogen-bond acceptors (Lipinski definition) is 0. The zero-order valence-electron chi connectivity index (χ0n) is 12.3. The van der Waals surface area contributed by atoms with Crippen molar-refractivity contribution in [3.8, 4) is 0 Å². The molecular weight excluding hydrogens is 204 g/mol. The first kappa shape index (κ1) is 14.5.